The van der Waals surface area contributed by atoms with Crippen molar-refractivity contribution in [1.29, 1.82) is 0 Å². The maximum atomic E-state index is 10.3. The quantitative estimate of drug-likeness (QED) is 0.475. The lowest BCUT2D eigenvalue weighted by Gasteiger charge is -2.07. The predicted molar refractivity (Wildman–Crippen MR) is 100 cm³/mol. The molecule has 0 spiro atoms. The summed E-state index contributed by atoms with van der Waals surface area (Å²) in [5.74, 6) is 0.453. The summed E-state index contributed by atoms with van der Waals surface area (Å²) in [5.41, 5.74) is 1.50. The first-order valence-corrected chi connectivity index (χ1v) is 7.83. The molecule has 4 aromatic carbocycles. The topological polar surface area (TPSA) is 40.5 Å². The molecule has 0 radical (unpaired) electrons. The van der Waals surface area contributed by atoms with E-state index in [0.29, 0.717) is 0 Å². The summed E-state index contributed by atoms with van der Waals surface area (Å²) in [4.78, 5) is 0. The first-order chi connectivity index (χ1) is 11.7. The smallest absolute Gasteiger partial charge is 0.123 e. The Kier molecular flexibility index (Phi) is 3.43. The monoisotopic (exact) mass is 312 g/mol. The molecule has 0 aliphatic rings. The number of phenols is 2. The van der Waals surface area contributed by atoms with Crippen molar-refractivity contribution in [2.75, 3.05) is 0 Å². The summed E-state index contributed by atoms with van der Waals surface area (Å²) in [7, 11) is 0. The number of benzene rings is 4. The molecule has 0 unspecified atom stereocenters. The third-order valence-electron chi connectivity index (χ3n) is 4.31. The fraction of sp³-hybridized carbons (Fsp3) is 0. The molecule has 4 rings (SSSR count). The van der Waals surface area contributed by atoms with Crippen molar-refractivity contribution in [3.63, 3.8) is 0 Å². The lowest BCUT2D eigenvalue weighted by molar-refractivity contribution is 0.474. The third-order valence-corrected chi connectivity index (χ3v) is 4.31. The number of phenolic OH excluding ortho intramolecular Hbond substituents is 2. The van der Waals surface area contributed by atoms with E-state index in [1.807, 2.05) is 72.8 Å². The summed E-state index contributed by atoms with van der Waals surface area (Å²) in [6, 6.07) is 23.1. The largest absolute Gasteiger partial charge is 0.507 e. The van der Waals surface area contributed by atoms with E-state index in [1.54, 1.807) is 12.1 Å². The molecular formula is C22H16O2. The molecule has 2 N–H and O–H groups in total. The van der Waals surface area contributed by atoms with Gasteiger partial charge in [-0.3, -0.25) is 0 Å². The summed E-state index contributed by atoms with van der Waals surface area (Å²) in [6.07, 6.45) is 3.72. The van der Waals surface area contributed by atoms with Crippen LogP contribution in [-0.2, 0) is 0 Å². The Labute approximate surface area is 139 Å². The van der Waals surface area contributed by atoms with Gasteiger partial charge >= 0.3 is 0 Å². The molecule has 2 heteroatoms. The van der Waals surface area contributed by atoms with Gasteiger partial charge in [-0.2, -0.15) is 0 Å². The second-order valence-electron chi connectivity index (χ2n) is 5.77. The maximum absolute atomic E-state index is 10.3. The fourth-order valence-corrected chi connectivity index (χ4v) is 3.09. The van der Waals surface area contributed by atoms with Crippen LogP contribution in [0.1, 0.15) is 11.1 Å². The molecule has 0 amide bonds. The van der Waals surface area contributed by atoms with Gasteiger partial charge in [-0.15, -0.1) is 0 Å². The first kappa shape index (κ1) is 14.3. The Balaban J connectivity index is 1.91. The van der Waals surface area contributed by atoms with E-state index in [1.165, 1.54) is 0 Å². The standard InChI is InChI=1S/C22H16O2/c23-21-13-9-15-5-1-3-7-17(15)19(21)11-12-20-18-8-4-2-6-16(18)10-14-22(20)24/h1-14,23-24H/b12-11+. The van der Waals surface area contributed by atoms with Gasteiger partial charge < -0.3 is 10.2 Å². The van der Waals surface area contributed by atoms with E-state index in [0.717, 1.165) is 32.7 Å². The fourth-order valence-electron chi connectivity index (χ4n) is 3.09. The molecule has 0 saturated carbocycles. The zero-order chi connectivity index (χ0) is 16.5. The molecule has 4 aromatic rings. The third kappa shape index (κ3) is 2.38. The van der Waals surface area contributed by atoms with Gasteiger partial charge in [0.15, 0.2) is 0 Å². The van der Waals surface area contributed by atoms with Crippen LogP contribution in [-0.4, -0.2) is 10.2 Å². The van der Waals surface area contributed by atoms with Crippen molar-refractivity contribution in [2.45, 2.75) is 0 Å². The molecule has 0 atom stereocenters. The van der Waals surface area contributed by atoms with Crippen LogP contribution in [0.15, 0.2) is 72.8 Å². The van der Waals surface area contributed by atoms with Crippen molar-refractivity contribution in [3.05, 3.63) is 83.9 Å². The van der Waals surface area contributed by atoms with E-state index in [-0.39, 0.29) is 11.5 Å². The van der Waals surface area contributed by atoms with Crippen LogP contribution in [0.4, 0.5) is 0 Å². The summed E-state index contributed by atoms with van der Waals surface area (Å²) in [6.45, 7) is 0. The van der Waals surface area contributed by atoms with Crippen molar-refractivity contribution >= 4 is 33.7 Å². The van der Waals surface area contributed by atoms with Gasteiger partial charge in [0, 0.05) is 11.1 Å². The van der Waals surface area contributed by atoms with E-state index in [2.05, 4.69) is 0 Å². The number of rotatable bonds is 2. The van der Waals surface area contributed by atoms with Crippen LogP contribution < -0.4 is 0 Å². The molecule has 0 heterocycles. The molecule has 0 aliphatic carbocycles. The van der Waals surface area contributed by atoms with Gasteiger partial charge in [0.25, 0.3) is 0 Å². The number of aromatic hydroxyl groups is 2. The molecule has 0 saturated heterocycles. The number of hydrogen-bond donors (Lipinski definition) is 2. The minimum atomic E-state index is 0.227. The first-order valence-electron chi connectivity index (χ1n) is 7.83. The second kappa shape index (κ2) is 5.74. The van der Waals surface area contributed by atoms with Crippen LogP contribution in [0.2, 0.25) is 0 Å². The highest BCUT2D eigenvalue weighted by molar-refractivity contribution is 5.99. The Morgan fingerprint density at radius 3 is 1.38 bits per heavy atom. The second-order valence-corrected chi connectivity index (χ2v) is 5.77. The Bertz CT molecular complexity index is 990. The van der Waals surface area contributed by atoms with E-state index in [9.17, 15) is 10.2 Å². The molecule has 0 bridgehead atoms. The molecule has 0 fully saturated rings. The van der Waals surface area contributed by atoms with E-state index < -0.39 is 0 Å². The highest BCUT2D eigenvalue weighted by Crippen LogP contribution is 2.32. The number of hydrogen-bond acceptors (Lipinski definition) is 2. The van der Waals surface area contributed by atoms with Gasteiger partial charge in [0.05, 0.1) is 0 Å². The van der Waals surface area contributed by atoms with E-state index >= 15 is 0 Å². The van der Waals surface area contributed by atoms with Gasteiger partial charge in [-0.1, -0.05) is 60.7 Å². The molecule has 0 aliphatic heterocycles. The minimum absolute atomic E-state index is 0.227. The van der Waals surface area contributed by atoms with Crippen molar-refractivity contribution in [3.8, 4) is 11.5 Å². The summed E-state index contributed by atoms with van der Waals surface area (Å²) >= 11 is 0. The lowest BCUT2D eigenvalue weighted by Crippen LogP contribution is -1.82. The minimum Gasteiger partial charge on any atom is -0.507 e. The van der Waals surface area contributed by atoms with Crippen molar-refractivity contribution in [1.82, 2.24) is 0 Å². The van der Waals surface area contributed by atoms with Crippen LogP contribution in [0.3, 0.4) is 0 Å². The summed E-state index contributed by atoms with van der Waals surface area (Å²) < 4.78 is 0. The van der Waals surface area contributed by atoms with Crippen LogP contribution in [0, 0.1) is 0 Å². The van der Waals surface area contributed by atoms with Crippen LogP contribution >= 0.6 is 0 Å². The molecule has 116 valence electrons. The average Bonchev–Trinajstić information content (AvgIpc) is 2.62. The molecule has 24 heavy (non-hydrogen) atoms. The molecular weight excluding hydrogens is 296 g/mol. The Morgan fingerprint density at radius 2 is 0.917 bits per heavy atom. The lowest BCUT2D eigenvalue weighted by atomic mass is 10.00. The SMILES string of the molecule is Oc1ccc2ccccc2c1/C=C/c1c(O)ccc2ccccc12. The predicted octanol–water partition coefficient (Wildman–Crippen LogP) is 5.57. The van der Waals surface area contributed by atoms with Gasteiger partial charge in [0.2, 0.25) is 0 Å². The maximum Gasteiger partial charge on any atom is 0.123 e. The van der Waals surface area contributed by atoms with Gasteiger partial charge in [0.1, 0.15) is 11.5 Å². The van der Waals surface area contributed by atoms with Crippen molar-refractivity contribution < 1.29 is 10.2 Å². The molecule has 2 nitrogen and oxygen atoms in total. The molecule has 0 aromatic heterocycles. The van der Waals surface area contributed by atoms with Gasteiger partial charge in [-0.05, 0) is 45.8 Å². The van der Waals surface area contributed by atoms with Crippen LogP contribution in [0.25, 0.3) is 33.7 Å². The van der Waals surface area contributed by atoms with Crippen molar-refractivity contribution in [2.24, 2.45) is 0 Å². The zero-order valence-electron chi connectivity index (χ0n) is 13.0. The normalized spacial score (nSPS) is 11.5. The summed E-state index contributed by atoms with van der Waals surface area (Å²) in [5, 5.41) is 24.6. The number of fused-ring (bicyclic) bond motifs is 2. The highest BCUT2D eigenvalue weighted by atomic mass is 16.3. The van der Waals surface area contributed by atoms with Crippen LogP contribution in [0.5, 0.6) is 11.5 Å². The Morgan fingerprint density at radius 1 is 0.500 bits per heavy atom. The van der Waals surface area contributed by atoms with E-state index in [4.69, 9.17) is 0 Å². The highest BCUT2D eigenvalue weighted by Gasteiger charge is 2.06. The zero-order valence-corrected chi connectivity index (χ0v) is 13.0. The van der Waals surface area contributed by atoms with Gasteiger partial charge in [-0.25, -0.2) is 0 Å². The average molecular weight is 312 g/mol. The Hall–Kier alpha value is -3.26.